The minimum absolute atomic E-state index is 0.557. The summed E-state index contributed by atoms with van der Waals surface area (Å²) in [5.74, 6) is 0. The van der Waals surface area contributed by atoms with E-state index < -0.39 is 0 Å². The van der Waals surface area contributed by atoms with Crippen LogP contribution in [-0.4, -0.2) is 18.8 Å². The molecule has 2 aromatic rings. The molecule has 2 rings (SSSR count). The average molecular weight is 217 g/mol. The van der Waals surface area contributed by atoms with Gasteiger partial charge in [-0.1, -0.05) is 18.2 Å². The van der Waals surface area contributed by atoms with Crippen molar-refractivity contribution in [2.45, 2.75) is 6.73 Å². The molecule has 0 atom stereocenters. The Labute approximate surface area is 94.9 Å². The second kappa shape index (κ2) is 4.86. The summed E-state index contributed by atoms with van der Waals surface area (Å²) < 4.78 is 12.2. The number of rotatable bonds is 4. The van der Waals surface area contributed by atoms with Crippen LogP contribution in [0, 0.1) is 0 Å². The van der Waals surface area contributed by atoms with Crippen LogP contribution >= 0.6 is 0 Å². The monoisotopic (exact) mass is 217 g/mol. The van der Waals surface area contributed by atoms with Crippen LogP contribution in [-0.2, 0) is 16.2 Å². The fourth-order valence-corrected chi connectivity index (χ4v) is 1.80. The molecule has 0 amide bonds. The standard InChI is InChI=1S/C13H15NO2/c1-15-8-7-11-9-14(10-16-2)13-6-4-3-5-12(11)13/h3-9H,10H2,1-2H3/b8-7+. The minimum Gasteiger partial charge on any atom is -0.504 e. The predicted molar refractivity (Wildman–Crippen MR) is 65.0 cm³/mol. The lowest BCUT2D eigenvalue weighted by Crippen LogP contribution is -1.96. The number of fused-ring (bicyclic) bond motifs is 1. The number of aromatic nitrogens is 1. The first kappa shape index (κ1) is 10.8. The average Bonchev–Trinajstić information content (AvgIpc) is 2.66. The Bertz CT molecular complexity index is 500. The highest BCUT2D eigenvalue weighted by molar-refractivity contribution is 5.89. The normalized spacial score (nSPS) is 11.4. The second-order valence-electron chi connectivity index (χ2n) is 3.53. The van der Waals surface area contributed by atoms with E-state index in [-0.39, 0.29) is 0 Å². The number of benzene rings is 1. The Morgan fingerprint density at radius 3 is 2.81 bits per heavy atom. The summed E-state index contributed by atoms with van der Waals surface area (Å²) in [5, 5.41) is 1.20. The van der Waals surface area contributed by atoms with E-state index >= 15 is 0 Å². The van der Waals surface area contributed by atoms with Gasteiger partial charge in [0.1, 0.15) is 6.73 Å². The van der Waals surface area contributed by atoms with Crippen LogP contribution < -0.4 is 0 Å². The number of methoxy groups -OCH3 is 2. The molecule has 0 fully saturated rings. The number of nitrogens with zero attached hydrogens (tertiary/aromatic N) is 1. The van der Waals surface area contributed by atoms with Crippen LogP contribution in [0.3, 0.4) is 0 Å². The first-order valence-electron chi connectivity index (χ1n) is 5.13. The molecule has 1 aromatic carbocycles. The molecule has 0 radical (unpaired) electrons. The largest absolute Gasteiger partial charge is 0.504 e. The summed E-state index contributed by atoms with van der Waals surface area (Å²) in [5.41, 5.74) is 2.30. The quantitative estimate of drug-likeness (QED) is 0.735. The van der Waals surface area contributed by atoms with Gasteiger partial charge in [0.05, 0.1) is 18.9 Å². The van der Waals surface area contributed by atoms with Crippen molar-refractivity contribution in [2.75, 3.05) is 14.2 Å². The van der Waals surface area contributed by atoms with Crippen molar-refractivity contribution in [3.8, 4) is 0 Å². The maximum absolute atomic E-state index is 5.16. The molecular formula is C13H15NO2. The van der Waals surface area contributed by atoms with Crippen molar-refractivity contribution in [2.24, 2.45) is 0 Å². The highest BCUT2D eigenvalue weighted by Crippen LogP contribution is 2.22. The molecule has 3 nitrogen and oxygen atoms in total. The van der Waals surface area contributed by atoms with E-state index in [2.05, 4.69) is 22.9 Å². The molecule has 0 aliphatic carbocycles. The van der Waals surface area contributed by atoms with E-state index in [4.69, 9.17) is 9.47 Å². The minimum atomic E-state index is 0.557. The number of para-hydroxylation sites is 1. The van der Waals surface area contributed by atoms with Crippen molar-refractivity contribution in [1.29, 1.82) is 0 Å². The van der Waals surface area contributed by atoms with Crippen LogP contribution in [0.25, 0.3) is 17.0 Å². The first-order chi connectivity index (χ1) is 7.86. The number of hydrogen-bond acceptors (Lipinski definition) is 2. The molecular weight excluding hydrogens is 202 g/mol. The maximum atomic E-state index is 5.16. The van der Waals surface area contributed by atoms with E-state index in [1.807, 2.05) is 18.2 Å². The highest BCUT2D eigenvalue weighted by Gasteiger charge is 2.04. The van der Waals surface area contributed by atoms with E-state index in [1.54, 1.807) is 20.5 Å². The Morgan fingerprint density at radius 2 is 2.06 bits per heavy atom. The van der Waals surface area contributed by atoms with Crippen LogP contribution in [0.4, 0.5) is 0 Å². The molecule has 0 saturated carbocycles. The van der Waals surface area contributed by atoms with Crippen LogP contribution in [0.15, 0.2) is 36.7 Å². The molecule has 1 heterocycles. The van der Waals surface area contributed by atoms with Crippen LogP contribution in [0.2, 0.25) is 0 Å². The van der Waals surface area contributed by atoms with Gasteiger partial charge < -0.3 is 14.0 Å². The molecule has 84 valence electrons. The van der Waals surface area contributed by atoms with Crippen molar-refractivity contribution < 1.29 is 9.47 Å². The molecule has 0 bridgehead atoms. The molecule has 1 aromatic heterocycles. The van der Waals surface area contributed by atoms with Crippen molar-refractivity contribution >= 4 is 17.0 Å². The molecule has 16 heavy (non-hydrogen) atoms. The highest BCUT2D eigenvalue weighted by atomic mass is 16.5. The Balaban J connectivity index is 2.52. The number of hydrogen-bond donors (Lipinski definition) is 0. The molecule has 0 N–H and O–H groups in total. The van der Waals surface area contributed by atoms with Gasteiger partial charge in [-0.15, -0.1) is 0 Å². The molecule has 0 spiro atoms. The Morgan fingerprint density at radius 1 is 1.25 bits per heavy atom. The van der Waals surface area contributed by atoms with Gasteiger partial charge in [-0.05, 0) is 12.1 Å². The Kier molecular flexibility index (Phi) is 3.27. The lowest BCUT2D eigenvalue weighted by molar-refractivity contribution is 0.135. The van der Waals surface area contributed by atoms with Gasteiger partial charge in [-0.2, -0.15) is 0 Å². The Hall–Kier alpha value is -1.74. The van der Waals surface area contributed by atoms with Gasteiger partial charge in [0.25, 0.3) is 0 Å². The molecule has 0 aliphatic rings. The molecule has 0 saturated heterocycles. The van der Waals surface area contributed by atoms with Crippen molar-refractivity contribution in [1.82, 2.24) is 4.57 Å². The molecule has 3 heteroatoms. The van der Waals surface area contributed by atoms with Gasteiger partial charge in [0, 0.05) is 24.3 Å². The SMILES string of the molecule is CO/C=C/c1cn(COC)c2ccccc12. The summed E-state index contributed by atoms with van der Waals surface area (Å²) >= 11 is 0. The van der Waals surface area contributed by atoms with E-state index in [0.29, 0.717) is 6.73 Å². The fourth-order valence-electron chi connectivity index (χ4n) is 1.80. The van der Waals surface area contributed by atoms with Gasteiger partial charge in [-0.3, -0.25) is 0 Å². The molecule has 0 aliphatic heterocycles. The summed E-state index contributed by atoms with van der Waals surface area (Å²) in [6.45, 7) is 0.557. The van der Waals surface area contributed by atoms with E-state index in [9.17, 15) is 0 Å². The second-order valence-corrected chi connectivity index (χ2v) is 3.53. The van der Waals surface area contributed by atoms with Crippen molar-refractivity contribution in [3.05, 3.63) is 42.3 Å². The third kappa shape index (κ3) is 1.95. The van der Waals surface area contributed by atoms with Crippen molar-refractivity contribution in [3.63, 3.8) is 0 Å². The van der Waals surface area contributed by atoms with Gasteiger partial charge in [-0.25, -0.2) is 0 Å². The zero-order chi connectivity index (χ0) is 11.4. The lowest BCUT2D eigenvalue weighted by atomic mass is 10.2. The zero-order valence-corrected chi connectivity index (χ0v) is 9.51. The van der Waals surface area contributed by atoms with Gasteiger partial charge >= 0.3 is 0 Å². The predicted octanol–water partition coefficient (Wildman–Crippen LogP) is 2.86. The third-order valence-corrected chi connectivity index (χ3v) is 2.47. The smallest absolute Gasteiger partial charge is 0.122 e. The maximum Gasteiger partial charge on any atom is 0.122 e. The summed E-state index contributed by atoms with van der Waals surface area (Å²) in [6.07, 6.45) is 5.69. The van der Waals surface area contributed by atoms with Gasteiger partial charge in [0.2, 0.25) is 0 Å². The third-order valence-electron chi connectivity index (χ3n) is 2.47. The molecule has 0 unspecified atom stereocenters. The van der Waals surface area contributed by atoms with E-state index in [1.165, 1.54) is 10.9 Å². The summed E-state index contributed by atoms with van der Waals surface area (Å²) in [7, 11) is 3.34. The summed E-state index contributed by atoms with van der Waals surface area (Å²) in [4.78, 5) is 0. The summed E-state index contributed by atoms with van der Waals surface area (Å²) in [6, 6.07) is 8.23. The van der Waals surface area contributed by atoms with E-state index in [0.717, 1.165) is 5.56 Å². The first-order valence-corrected chi connectivity index (χ1v) is 5.13. The zero-order valence-electron chi connectivity index (χ0n) is 9.51. The van der Waals surface area contributed by atoms with Crippen LogP contribution in [0.1, 0.15) is 5.56 Å². The fraction of sp³-hybridized carbons (Fsp3) is 0.231. The van der Waals surface area contributed by atoms with Crippen LogP contribution in [0.5, 0.6) is 0 Å². The topological polar surface area (TPSA) is 23.4 Å². The lowest BCUT2D eigenvalue weighted by Gasteiger charge is -2.01. The van der Waals surface area contributed by atoms with Gasteiger partial charge in [0.15, 0.2) is 0 Å². The number of ether oxygens (including phenoxy) is 2.